The van der Waals surface area contributed by atoms with Crippen molar-refractivity contribution in [3.8, 4) is 0 Å². The van der Waals surface area contributed by atoms with Gasteiger partial charge in [-0.3, -0.25) is 0 Å². The number of nitrogens with one attached hydrogen (secondary N) is 1. The first-order chi connectivity index (χ1) is 7.27. The van der Waals surface area contributed by atoms with Crippen molar-refractivity contribution in [2.75, 3.05) is 32.1 Å². The van der Waals surface area contributed by atoms with Crippen LogP contribution in [0.3, 0.4) is 0 Å². The van der Waals surface area contributed by atoms with Crippen LogP contribution in [0.25, 0.3) is 5.57 Å². The minimum absolute atomic E-state index is 0. The maximum Gasteiger partial charge on any atom is 0.127 e. The fourth-order valence-electron chi connectivity index (χ4n) is 1.73. The van der Waals surface area contributed by atoms with Gasteiger partial charge in [0, 0.05) is 26.8 Å². The van der Waals surface area contributed by atoms with Gasteiger partial charge in [0.25, 0.3) is 0 Å². The van der Waals surface area contributed by atoms with Gasteiger partial charge in [0.2, 0.25) is 0 Å². The molecule has 17 heavy (non-hydrogen) atoms. The number of rotatable bonds is 2. The van der Waals surface area contributed by atoms with Gasteiger partial charge >= 0.3 is 0 Å². The minimum atomic E-state index is 0. The van der Waals surface area contributed by atoms with Gasteiger partial charge in [-0.05, 0) is 36.2 Å². The SMILES string of the molecule is CN(C)c1ccc(C2=CCNCC2)cn1.Cl.Cl. The molecule has 2 rings (SSSR count). The van der Waals surface area contributed by atoms with E-state index in [-0.39, 0.29) is 24.8 Å². The third kappa shape index (κ3) is 4.19. The Balaban J connectivity index is 0.00000128. The highest BCUT2D eigenvalue weighted by molar-refractivity contribution is 5.85. The summed E-state index contributed by atoms with van der Waals surface area (Å²) in [6.07, 6.45) is 5.31. The van der Waals surface area contributed by atoms with E-state index in [0.29, 0.717) is 0 Å². The summed E-state index contributed by atoms with van der Waals surface area (Å²) in [5, 5.41) is 3.31. The molecule has 1 aromatic heterocycles. The minimum Gasteiger partial charge on any atom is -0.363 e. The van der Waals surface area contributed by atoms with Crippen molar-refractivity contribution in [2.24, 2.45) is 0 Å². The van der Waals surface area contributed by atoms with Crippen molar-refractivity contribution in [1.29, 1.82) is 0 Å². The molecule has 5 heteroatoms. The van der Waals surface area contributed by atoms with Crippen LogP contribution in [0.15, 0.2) is 24.4 Å². The molecule has 1 aliphatic heterocycles. The van der Waals surface area contributed by atoms with E-state index in [1.807, 2.05) is 25.2 Å². The molecule has 1 N–H and O–H groups in total. The maximum absolute atomic E-state index is 4.42. The number of hydrogen-bond acceptors (Lipinski definition) is 3. The molecule has 0 unspecified atom stereocenters. The molecule has 0 fully saturated rings. The van der Waals surface area contributed by atoms with Crippen LogP contribution in [0.4, 0.5) is 5.82 Å². The molecule has 3 nitrogen and oxygen atoms in total. The second-order valence-corrected chi connectivity index (χ2v) is 3.98. The lowest BCUT2D eigenvalue weighted by atomic mass is 10.0. The highest BCUT2D eigenvalue weighted by Gasteiger charge is 2.06. The summed E-state index contributed by atoms with van der Waals surface area (Å²) in [6, 6.07) is 4.22. The summed E-state index contributed by atoms with van der Waals surface area (Å²) in [7, 11) is 4.01. The van der Waals surface area contributed by atoms with E-state index < -0.39 is 0 Å². The van der Waals surface area contributed by atoms with Gasteiger partial charge in [0.1, 0.15) is 5.82 Å². The normalized spacial score (nSPS) is 14.1. The zero-order chi connectivity index (χ0) is 10.7. The van der Waals surface area contributed by atoms with Crippen LogP contribution in [0.2, 0.25) is 0 Å². The van der Waals surface area contributed by atoms with E-state index in [9.17, 15) is 0 Å². The Morgan fingerprint density at radius 3 is 2.47 bits per heavy atom. The zero-order valence-electron chi connectivity index (χ0n) is 10.1. The second-order valence-electron chi connectivity index (χ2n) is 3.98. The quantitative estimate of drug-likeness (QED) is 0.898. The molecular weight excluding hydrogens is 257 g/mol. The van der Waals surface area contributed by atoms with Crippen molar-refractivity contribution < 1.29 is 0 Å². The van der Waals surface area contributed by atoms with E-state index >= 15 is 0 Å². The molecule has 1 aliphatic rings. The molecule has 0 saturated heterocycles. The van der Waals surface area contributed by atoms with E-state index in [1.165, 1.54) is 11.1 Å². The molecule has 2 heterocycles. The van der Waals surface area contributed by atoms with E-state index in [4.69, 9.17) is 0 Å². The molecule has 0 radical (unpaired) electrons. The molecule has 96 valence electrons. The monoisotopic (exact) mass is 275 g/mol. The summed E-state index contributed by atoms with van der Waals surface area (Å²) < 4.78 is 0. The highest BCUT2D eigenvalue weighted by Crippen LogP contribution is 2.20. The van der Waals surface area contributed by atoms with Crippen molar-refractivity contribution >= 4 is 36.2 Å². The molecule has 0 saturated carbocycles. The number of anilines is 1. The van der Waals surface area contributed by atoms with Crippen LogP contribution in [0, 0.1) is 0 Å². The lowest BCUT2D eigenvalue weighted by Gasteiger charge is -2.15. The average molecular weight is 276 g/mol. The van der Waals surface area contributed by atoms with Gasteiger partial charge in [-0.1, -0.05) is 6.08 Å². The molecule has 0 spiro atoms. The Kier molecular flexibility index (Phi) is 7.19. The van der Waals surface area contributed by atoms with E-state index in [0.717, 1.165) is 25.3 Å². The summed E-state index contributed by atoms with van der Waals surface area (Å²) in [4.78, 5) is 6.43. The second kappa shape index (κ2) is 7.54. The van der Waals surface area contributed by atoms with Crippen molar-refractivity contribution in [3.63, 3.8) is 0 Å². The van der Waals surface area contributed by atoms with Crippen molar-refractivity contribution in [3.05, 3.63) is 30.0 Å². The van der Waals surface area contributed by atoms with Gasteiger partial charge in [-0.15, -0.1) is 24.8 Å². The Bertz CT molecular complexity index is 361. The van der Waals surface area contributed by atoms with Crippen LogP contribution >= 0.6 is 24.8 Å². The highest BCUT2D eigenvalue weighted by atomic mass is 35.5. The third-order valence-electron chi connectivity index (χ3n) is 2.64. The van der Waals surface area contributed by atoms with Gasteiger partial charge in [0.15, 0.2) is 0 Å². The summed E-state index contributed by atoms with van der Waals surface area (Å²) in [5.74, 6) is 1.01. The molecule has 0 bridgehead atoms. The van der Waals surface area contributed by atoms with Gasteiger partial charge in [0.05, 0.1) is 0 Å². The third-order valence-corrected chi connectivity index (χ3v) is 2.64. The Hall–Kier alpha value is -0.770. The largest absolute Gasteiger partial charge is 0.363 e. The first-order valence-corrected chi connectivity index (χ1v) is 5.31. The lowest BCUT2D eigenvalue weighted by Crippen LogP contribution is -2.20. The number of aromatic nitrogens is 1. The molecule has 1 aromatic rings. The van der Waals surface area contributed by atoms with Gasteiger partial charge in [-0.2, -0.15) is 0 Å². The standard InChI is InChI=1S/C12H17N3.2ClH/c1-15(2)12-4-3-11(9-14-12)10-5-7-13-8-6-10;;/h3-5,9,13H,6-8H2,1-2H3;2*1H. The average Bonchev–Trinajstić information content (AvgIpc) is 2.30. The van der Waals surface area contributed by atoms with Crippen molar-refractivity contribution in [1.82, 2.24) is 10.3 Å². The predicted octanol–water partition coefficient (Wildman–Crippen LogP) is 2.37. The Morgan fingerprint density at radius 1 is 1.24 bits per heavy atom. The topological polar surface area (TPSA) is 28.2 Å². The molecule has 0 amide bonds. The lowest BCUT2D eigenvalue weighted by molar-refractivity contribution is 0.738. The van der Waals surface area contributed by atoms with Crippen LogP contribution in [0.5, 0.6) is 0 Å². The molecule has 0 atom stereocenters. The Morgan fingerprint density at radius 2 is 2.00 bits per heavy atom. The predicted molar refractivity (Wildman–Crippen MR) is 78.5 cm³/mol. The van der Waals surface area contributed by atoms with Crippen LogP contribution < -0.4 is 10.2 Å². The van der Waals surface area contributed by atoms with Gasteiger partial charge in [-0.25, -0.2) is 4.98 Å². The smallest absolute Gasteiger partial charge is 0.127 e. The Labute approximate surface area is 115 Å². The summed E-state index contributed by atoms with van der Waals surface area (Å²) in [5.41, 5.74) is 2.66. The maximum atomic E-state index is 4.42. The number of pyridine rings is 1. The molecule has 0 aromatic carbocycles. The first kappa shape index (κ1) is 16.2. The van der Waals surface area contributed by atoms with Crippen LogP contribution in [-0.4, -0.2) is 32.2 Å². The van der Waals surface area contributed by atoms with Crippen LogP contribution in [0.1, 0.15) is 12.0 Å². The fraction of sp³-hybridized carbons (Fsp3) is 0.417. The van der Waals surface area contributed by atoms with E-state index in [2.05, 4.69) is 28.5 Å². The van der Waals surface area contributed by atoms with Crippen LogP contribution in [-0.2, 0) is 0 Å². The summed E-state index contributed by atoms with van der Waals surface area (Å²) >= 11 is 0. The summed E-state index contributed by atoms with van der Waals surface area (Å²) in [6.45, 7) is 2.05. The van der Waals surface area contributed by atoms with E-state index in [1.54, 1.807) is 0 Å². The zero-order valence-corrected chi connectivity index (χ0v) is 11.8. The number of hydrogen-bond donors (Lipinski definition) is 1. The molecular formula is C12H19Cl2N3. The van der Waals surface area contributed by atoms with Crippen molar-refractivity contribution in [2.45, 2.75) is 6.42 Å². The fourth-order valence-corrected chi connectivity index (χ4v) is 1.73. The molecule has 0 aliphatic carbocycles. The first-order valence-electron chi connectivity index (χ1n) is 5.31. The number of nitrogens with zero attached hydrogens (tertiary/aromatic N) is 2. The number of halogens is 2. The van der Waals surface area contributed by atoms with Gasteiger partial charge < -0.3 is 10.2 Å².